The average molecular weight is 330 g/mol. The molecule has 0 amide bonds. The minimum Gasteiger partial charge on any atom is -0.304 e. The van der Waals surface area contributed by atoms with Gasteiger partial charge in [0, 0.05) is 45.3 Å². The molecule has 2 aliphatic rings. The summed E-state index contributed by atoms with van der Waals surface area (Å²) in [5.74, 6) is 0. The zero-order valence-corrected chi connectivity index (χ0v) is 14.6. The molecule has 0 bridgehead atoms. The number of aromatic nitrogens is 4. The van der Waals surface area contributed by atoms with Crippen molar-refractivity contribution in [3.05, 3.63) is 22.9 Å². The number of aryl methyl sites for hydroxylation is 1. The molecule has 2 aromatic rings. The quantitative estimate of drug-likeness (QED) is 0.829. The smallest absolute Gasteiger partial charge is 0.281 e. The Morgan fingerprint density at radius 1 is 1.12 bits per heavy atom. The van der Waals surface area contributed by atoms with Crippen molar-refractivity contribution < 1.29 is 0 Å². The predicted molar refractivity (Wildman–Crippen MR) is 93.0 cm³/mol. The van der Waals surface area contributed by atoms with E-state index in [4.69, 9.17) is 0 Å². The lowest BCUT2D eigenvalue weighted by Crippen LogP contribution is -2.57. The first-order valence-corrected chi connectivity index (χ1v) is 8.90. The number of fused-ring (bicyclic) bond motifs is 1. The lowest BCUT2D eigenvalue weighted by molar-refractivity contribution is 0.0304. The highest BCUT2D eigenvalue weighted by molar-refractivity contribution is 5.71. The Morgan fingerprint density at radius 2 is 1.83 bits per heavy atom. The van der Waals surface area contributed by atoms with E-state index in [9.17, 15) is 4.79 Å². The van der Waals surface area contributed by atoms with Gasteiger partial charge in [-0.2, -0.15) is 5.10 Å². The summed E-state index contributed by atoms with van der Waals surface area (Å²) in [5.41, 5.74) is 1.25. The van der Waals surface area contributed by atoms with Crippen molar-refractivity contribution in [3.8, 4) is 0 Å². The van der Waals surface area contributed by atoms with Gasteiger partial charge in [-0.25, -0.2) is 4.98 Å². The number of hydrogen-bond acceptors (Lipinski definition) is 5. The third kappa shape index (κ3) is 2.65. The second kappa shape index (κ2) is 5.97. The van der Waals surface area contributed by atoms with Gasteiger partial charge in [0.05, 0.1) is 12.5 Å². The van der Waals surface area contributed by atoms with Crippen LogP contribution in [0.2, 0.25) is 0 Å². The van der Waals surface area contributed by atoms with E-state index in [1.54, 1.807) is 21.8 Å². The van der Waals surface area contributed by atoms with Gasteiger partial charge in [0.25, 0.3) is 5.56 Å². The molecule has 0 atom stereocenters. The van der Waals surface area contributed by atoms with Gasteiger partial charge in [0.15, 0.2) is 5.52 Å². The fraction of sp³-hybridized carbons (Fsp3) is 0.706. The zero-order chi connectivity index (χ0) is 16.7. The molecule has 2 aromatic heterocycles. The maximum absolute atomic E-state index is 12.8. The van der Waals surface area contributed by atoms with E-state index in [1.807, 2.05) is 7.05 Å². The van der Waals surface area contributed by atoms with E-state index >= 15 is 0 Å². The predicted octanol–water partition coefficient (Wildman–Crippen LogP) is 0.690. The molecule has 24 heavy (non-hydrogen) atoms. The van der Waals surface area contributed by atoms with Gasteiger partial charge in [-0.1, -0.05) is 12.8 Å². The molecule has 0 aromatic carbocycles. The molecule has 1 aliphatic heterocycles. The molecule has 0 unspecified atom stereocenters. The Morgan fingerprint density at radius 3 is 2.54 bits per heavy atom. The largest absolute Gasteiger partial charge is 0.304 e. The van der Waals surface area contributed by atoms with E-state index < -0.39 is 0 Å². The van der Waals surface area contributed by atoms with Gasteiger partial charge < -0.3 is 4.90 Å². The van der Waals surface area contributed by atoms with Crippen LogP contribution in [0.1, 0.15) is 25.7 Å². The Kier molecular flexibility index (Phi) is 3.92. The van der Waals surface area contributed by atoms with Crippen LogP contribution in [0.4, 0.5) is 0 Å². The Labute approximate surface area is 141 Å². The van der Waals surface area contributed by atoms with Crippen LogP contribution in [0, 0.1) is 0 Å². The minimum absolute atomic E-state index is 0.0130. The summed E-state index contributed by atoms with van der Waals surface area (Å²) in [6.07, 6.45) is 8.35. The molecule has 1 saturated carbocycles. The van der Waals surface area contributed by atoms with Gasteiger partial charge >= 0.3 is 0 Å². The molecule has 7 heteroatoms. The van der Waals surface area contributed by atoms with Crippen molar-refractivity contribution >= 4 is 11.0 Å². The summed E-state index contributed by atoms with van der Waals surface area (Å²) in [5, 5.41) is 4.29. The van der Waals surface area contributed by atoms with Crippen LogP contribution in [0.25, 0.3) is 11.0 Å². The van der Waals surface area contributed by atoms with E-state index in [1.165, 1.54) is 25.7 Å². The van der Waals surface area contributed by atoms with Gasteiger partial charge in [-0.15, -0.1) is 0 Å². The highest BCUT2D eigenvalue weighted by Crippen LogP contribution is 2.37. The van der Waals surface area contributed by atoms with Crippen molar-refractivity contribution in [3.63, 3.8) is 0 Å². The van der Waals surface area contributed by atoms with Gasteiger partial charge in [0.2, 0.25) is 0 Å². The lowest BCUT2D eigenvalue weighted by Gasteiger charge is -2.45. The molecule has 0 radical (unpaired) electrons. The molecule has 7 nitrogen and oxygen atoms in total. The average Bonchev–Trinajstić information content (AvgIpc) is 3.18. The first-order chi connectivity index (χ1) is 11.6. The number of rotatable bonds is 3. The molecule has 2 fully saturated rings. The summed E-state index contributed by atoms with van der Waals surface area (Å²) in [6.45, 7) is 5.12. The van der Waals surface area contributed by atoms with Crippen LogP contribution in [0.3, 0.4) is 0 Å². The second-order valence-corrected chi connectivity index (χ2v) is 7.44. The first-order valence-electron chi connectivity index (χ1n) is 8.90. The Balaban J connectivity index is 1.66. The van der Waals surface area contributed by atoms with E-state index in [-0.39, 0.29) is 11.1 Å². The molecule has 3 heterocycles. The monoisotopic (exact) mass is 330 g/mol. The number of piperazine rings is 1. The van der Waals surface area contributed by atoms with Crippen LogP contribution in [0.15, 0.2) is 17.3 Å². The van der Waals surface area contributed by atoms with Crippen molar-refractivity contribution in [2.24, 2.45) is 7.05 Å². The Hall–Kier alpha value is -1.73. The fourth-order valence-corrected chi connectivity index (χ4v) is 4.36. The number of nitrogens with zero attached hydrogens (tertiary/aromatic N) is 6. The Bertz CT molecular complexity index is 780. The minimum atomic E-state index is -0.0130. The SMILES string of the molecule is CN1CCN(C2(Cn3cnc4cn(C)nc4c3=O)CCCC2)CC1. The molecule has 1 aliphatic carbocycles. The van der Waals surface area contributed by atoms with E-state index in [2.05, 4.69) is 26.9 Å². The van der Waals surface area contributed by atoms with Crippen LogP contribution in [0.5, 0.6) is 0 Å². The topological polar surface area (TPSA) is 59.2 Å². The summed E-state index contributed by atoms with van der Waals surface area (Å²) in [6, 6.07) is 0. The van der Waals surface area contributed by atoms with Gasteiger partial charge in [-0.05, 0) is 19.9 Å². The molecule has 4 rings (SSSR count). The third-order valence-corrected chi connectivity index (χ3v) is 5.78. The lowest BCUT2D eigenvalue weighted by atomic mass is 9.93. The van der Waals surface area contributed by atoms with Crippen molar-refractivity contribution in [2.75, 3.05) is 33.2 Å². The van der Waals surface area contributed by atoms with E-state index in [0.29, 0.717) is 11.0 Å². The van der Waals surface area contributed by atoms with Crippen molar-refractivity contribution in [2.45, 2.75) is 37.8 Å². The second-order valence-electron chi connectivity index (χ2n) is 7.44. The molecule has 130 valence electrons. The number of likely N-dealkylation sites (N-methyl/N-ethyl adjacent to an activating group) is 1. The summed E-state index contributed by atoms with van der Waals surface area (Å²) in [7, 11) is 4.01. The van der Waals surface area contributed by atoms with Crippen molar-refractivity contribution in [1.82, 2.24) is 29.1 Å². The van der Waals surface area contributed by atoms with E-state index in [0.717, 1.165) is 32.7 Å². The molecule has 1 saturated heterocycles. The van der Waals surface area contributed by atoms with Crippen LogP contribution >= 0.6 is 0 Å². The van der Waals surface area contributed by atoms with Crippen LogP contribution < -0.4 is 5.56 Å². The van der Waals surface area contributed by atoms with Gasteiger partial charge in [-0.3, -0.25) is 18.9 Å². The standard InChI is InChI=1S/C17H26N6O/c1-20-7-9-23(10-8-20)17(5-3-4-6-17)12-22-13-18-14-11-21(2)19-15(14)16(22)24/h11,13H,3-10,12H2,1-2H3. The summed E-state index contributed by atoms with van der Waals surface area (Å²) in [4.78, 5) is 22.3. The zero-order valence-electron chi connectivity index (χ0n) is 14.6. The maximum Gasteiger partial charge on any atom is 0.281 e. The molecule has 0 spiro atoms. The summed E-state index contributed by atoms with van der Waals surface area (Å²) < 4.78 is 3.45. The highest BCUT2D eigenvalue weighted by Gasteiger charge is 2.41. The summed E-state index contributed by atoms with van der Waals surface area (Å²) >= 11 is 0. The molecular formula is C17H26N6O. The third-order valence-electron chi connectivity index (χ3n) is 5.78. The van der Waals surface area contributed by atoms with Crippen LogP contribution in [-0.4, -0.2) is 67.9 Å². The van der Waals surface area contributed by atoms with Crippen molar-refractivity contribution in [1.29, 1.82) is 0 Å². The first kappa shape index (κ1) is 15.8. The van der Waals surface area contributed by atoms with Gasteiger partial charge in [0.1, 0.15) is 5.52 Å². The highest BCUT2D eigenvalue weighted by atomic mass is 16.1. The maximum atomic E-state index is 12.8. The van der Waals surface area contributed by atoms with Crippen LogP contribution in [-0.2, 0) is 13.6 Å². The molecular weight excluding hydrogens is 304 g/mol. The number of hydrogen-bond donors (Lipinski definition) is 0. The fourth-order valence-electron chi connectivity index (χ4n) is 4.36. The normalized spacial score (nSPS) is 22.4. The molecule has 0 N–H and O–H groups in total.